The van der Waals surface area contributed by atoms with E-state index in [2.05, 4.69) is 5.32 Å². The zero-order valence-electron chi connectivity index (χ0n) is 11.7. The second-order valence-corrected chi connectivity index (χ2v) is 5.04. The first-order valence-electron chi connectivity index (χ1n) is 6.74. The highest BCUT2D eigenvalue weighted by Crippen LogP contribution is 2.07. The van der Waals surface area contributed by atoms with E-state index in [-0.39, 0.29) is 17.6 Å². The monoisotopic (exact) mass is 296 g/mol. The SMILES string of the molecule is Cc1ccc(C(=O)N[C@@H](CCCCN)C(=O)CCl)cc1. The maximum Gasteiger partial charge on any atom is 0.251 e. The van der Waals surface area contributed by atoms with E-state index in [4.69, 9.17) is 17.3 Å². The lowest BCUT2D eigenvalue weighted by molar-refractivity contribution is -0.118. The quantitative estimate of drug-likeness (QED) is 0.569. The van der Waals surface area contributed by atoms with Gasteiger partial charge in [-0.1, -0.05) is 17.7 Å². The van der Waals surface area contributed by atoms with Gasteiger partial charge in [0.15, 0.2) is 5.78 Å². The fourth-order valence-corrected chi connectivity index (χ4v) is 2.03. The normalized spacial score (nSPS) is 11.9. The number of hydrogen-bond donors (Lipinski definition) is 2. The first kappa shape index (κ1) is 16.7. The predicted molar refractivity (Wildman–Crippen MR) is 81.1 cm³/mol. The summed E-state index contributed by atoms with van der Waals surface area (Å²) in [6, 6.07) is 6.68. The summed E-state index contributed by atoms with van der Waals surface area (Å²) in [5.74, 6) is -0.507. The summed E-state index contributed by atoms with van der Waals surface area (Å²) in [6.45, 7) is 2.53. The van der Waals surface area contributed by atoms with Crippen molar-refractivity contribution in [1.29, 1.82) is 0 Å². The smallest absolute Gasteiger partial charge is 0.251 e. The van der Waals surface area contributed by atoms with Gasteiger partial charge in [-0.15, -0.1) is 11.6 Å². The van der Waals surface area contributed by atoms with Gasteiger partial charge in [0, 0.05) is 5.56 Å². The number of unbranched alkanes of at least 4 members (excludes halogenated alkanes) is 1. The van der Waals surface area contributed by atoms with Gasteiger partial charge in [0.25, 0.3) is 5.91 Å². The van der Waals surface area contributed by atoms with Crippen LogP contribution in [0.25, 0.3) is 0 Å². The van der Waals surface area contributed by atoms with E-state index < -0.39 is 6.04 Å². The molecule has 1 rings (SSSR count). The molecule has 110 valence electrons. The number of halogens is 1. The molecule has 0 aliphatic carbocycles. The largest absolute Gasteiger partial charge is 0.342 e. The predicted octanol–water partition coefficient (Wildman–Crippen LogP) is 2.03. The lowest BCUT2D eigenvalue weighted by Gasteiger charge is -2.16. The molecule has 0 saturated heterocycles. The van der Waals surface area contributed by atoms with Crippen LogP contribution in [-0.2, 0) is 4.79 Å². The Hall–Kier alpha value is -1.39. The van der Waals surface area contributed by atoms with Gasteiger partial charge in [-0.25, -0.2) is 0 Å². The molecule has 0 unspecified atom stereocenters. The van der Waals surface area contributed by atoms with Crippen LogP contribution in [0.4, 0.5) is 0 Å². The summed E-state index contributed by atoms with van der Waals surface area (Å²) in [7, 11) is 0. The molecule has 5 heteroatoms. The van der Waals surface area contributed by atoms with Crippen LogP contribution in [-0.4, -0.2) is 30.2 Å². The molecule has 0 saturated carbocycles. The molecule has 1 aromatic carbocycles. The van der Waals surface area contributed by atoms with Crippen molar-refractivity contribution in [3.63, 3.8) is 0 Å². The van der Waals surface area contributed by atoms with Crippen LogP contribution in [0.15, 0.2) is 24.3 Å². The maximum absolute atomic E-state index is 12.1. The fourth-order valence-electron chi connectivity index (χ4n) is 1.85. The molecule has 1 atom stereocenters. The van der Waals surface area contributed by atoms with Crippen LogP contribution in [0.5, 0.6) is 0 Å². The molecule has 1 amide bonds. The number of carbonyl (C=O) groups is 2. The molecule has 0 radical (unpaired) electrons. The summed E-state index contributed by atoms with van der Waals surface area (Å²) in [5, 5.41) is 2.75. The summed E-state index contributed by atoms with van der Waals surface area (Å²) in [4.78, 5) is 23.8. The summed E-state index contributed by atoms with van der Waals surface area (Å²) >= 11 is 5.58. The third kappa shape index (κ3) is 5.31. The number of nitrogens with two attached hydrogens (primary N) is 1. The van der Waals surface area contributed by atoms with Gasteiger partial charge in [-0.05, 0) is 44.9 Å². The van der Waals surface area contributed by atoms with E-state index in [1.807, 2.05) is 19.1 Å². The zero-order valence-corrected chi connectivity index (χ0v) is 12.5. The first-order valence-corrected chi connectivity index (χ1v) is 7.28. The number of Topliss-reactive ketones (excluding diaryl/α,β-unsaturated/α-hetero) is 1. The van der Waals surface area contributed by atoms with Gasteiger partial charge in [0.2, 0.25) is 0 Å². The topological polar surface area (TPSA) is 72.2 Å². The second kappa shape index (κ2) is 8.72. The second-order valence-electron chi connectivity index (χ2n) is 4.78. The molecule has 0 bridgehead atoms. The average molecular weight is 297 g/mol. The minimum absolute atomic E-state index is 0.0958. The van der Waals surface area contributed by atoms with Gasteiger partial charge in [0.1, 0.15) is 0 Å². The third-order valence-corrected chi connectivity index (χ3v) is 3.35. The number of hydrogen-bond acceptors (Lipinski definition) is 3. The van der Waals surface area contributed by atoms with E-state index in [0.29, 0.717) is 18.5 Å². The Morgan fingerprint density at radius 1 is 1.25 bits per heavy atom. The molecule has 0 fully saturated rings. The van der Waals surface area contributed by atoms with Crippen LogP contribution < -0.4 is 11.1 Å². The molecule has 1 aromatic rings. The van der Waals surface area contributed by atoms with E-state index in [1.165, 1.54) is 0 Å². The Bertz CT molecular complexity index is 446. The minimum atomic E-state index is -0.534. The van der Waals surface area contributed by atoms with Crippen molar-refractivity contribution in [2.24, 2.45) is 5.73 Å². The number of ketones is 1. The van der Waals surface area contributed by atoms with E-state index in [0.717, 1.165) is 18.4 Å². The molecule has 20 heavy (non-hydrogen) atoms. The highest BCUT2D eigenvalue weighted by molar-refractivity contribution is 6.28. The highest BCUT2D eigenvalue weighted by atomic mass is 35.5. The summed E-state index contributed by atoms with van der Waals surface area (Å²) < 4.78 is 0. The van der Waals surface area contributed by atoms with E-state index in [1.54, 1.807) is 12.1 Å². The van der Waals surface area contributed by atoms with Crippen molar-refractivity contribution in [3.8, 4) is 0 Å². The van der Waals surface area contributed by atoms with Gasteiger partial charge in [-0.2, -0.15) is 0 Å². The van der Waals surface area contributed by atoms with Crippen molar-refractivity contribution >= 4 is 23.3 Å². The molecule has 0 aliphatic rings. The van der Waals surface area contributed by atoms with Gasteiger partial charge in [0.05, 0.1) is 11.9 Å². The lowest BCUT2D eigenvalue weighted by Crippen LogP contribution is -2.41. The third-order valence-electron chi connectivity index (χ3n) is 3.09. The van der Waals surface area contributed by atoms with Crippen molar-refractivity contribution < 1.29 is 9.59 Å². The summed E-state index contributed by atoms with van der Waals surface area (Å²) in [6.07, 6.45) is 2.19. The molecule has 0 aromatic heterocycles. The molecule has 3 N–H and O–H groups in total. The van der Waals surface area contributed by atoms with Crippen LogP contribution >= 0.6 is 11.6 Å². The van der Waals surface area contributed by atoms with Crippen LogP contribution in [0.1, 0.15) is 35.2 Å². The van der Waals surface area contributed by atoms with Crippen LogP contribution in [0.3, 0.4) is 0 Å². The number of benzene rings is 1. The van der Waals surface area contributed by atoms with Gasteiger partial charge >= 0.3 is 0 Å². The van der Waals surface area contributed by atoms with Crippen molar-refractivity contribution in [1.82, 2.24) is 5.32 Å². The fraction of sp³-hybridized carbons (Fsp3) is 0.467. The van der Waals surface area contributed by atoms with Crippen LogP contribution in [0.2, 0.25) is 0 Å². The minimum Gasteiger partial charge on any atom is -0.342 e. The molecule has 4 nitrogen and oxygen atoms in total. The molecule has 0 aliphatic heterocycles. The van der Waals surface area contributed by atoms with Gasteiger partial charge in [-0.3, -0.25) is 9.59 Å². The zero-order chi connectivity index (χ0) is 15.0. The average Bonchev–Trinajstić information content (AvgIpc) is 2.46. The molecule has 0 spiro atoms. The molecular formula is C15H21ClN2O2. The Labute approximate surface area is 124 Å². The number of aryl methyl sites for hydroxylation is 1. The van der Waals surface area contributed by atoms with E-state index >= 15 is 0 Å². The van der Waals surface area contributed by atoms with Crippen molar-refractivity contribution in [2.75, 3.05) is 12.4 Å². The molecular weight excluding hydrogens is 276 g/mol. The number of rotatable bonds is 8. The number of carbonyl (C=O) groups excluding carboxylic acids is 2. The Balaban J connectivity index is 2.65. The first-order chi connectivity index (χ1) is 9.58. The Kier molecular flexibility index (Phi) is 7.26. The number of amides is 1. The standard InChI is InChI=1S/C15H21ClN2O2/c1-11-5-7-12(8-6-11)15(20)18-13(14(19)10-16)4-2-3-9-17/h5-8,13H,2-4,9-10,17H2,1H3,(H,18,20)/t13-/m0/s1. The van der Waals surface area contributed by atoms with Gasteiger partial charge < -0.3 is 11.1 Å². The Morgan fingerprint density at radius 2 is 1.90 bits per heavy atom. The number of nitrogens with one attached hydrogen (secondary N) is 1. The number of alkyl halides is 1. The molecule has 0 heterocycles. The van der Waals surface area contributed by atoms with Crippen molar-refractivity contribution in [3.05, 3.63) is 35.4 Å². The summed E-state index contributed by atoms with van der Waals surface area (Å²) in [5.41, 5.74) is 7.06. The Morgan fingerprint density at radius 3 is 2.45 bits per heavy atom. The van der Waals surface area contributed by atoms with Crippen molar-refractivity contribution in [2.45, 2.75) is 32.2 Å². The lowest BCUT2D eigenvalue weighted by atomic mass is 10.0. The highest BCUT2D eigenvalue weighted by Gasteiger charge is 2.19. The van der Waals surface area contributed by atoms with Crippen LogP contribution in [0, 0.1) is 6.92 Å². The van der Waals surface area contributed by atoms with E-state index in [9.17, 15) is 9.59 Å². The maximum atomic E-state index is 12.1.